The van der Waals surface area contributed by atoms with Gasteiger partial charge < -0.3 is 0 Å². The van der Waals surface area contributed by atoms with Crippen molar-refractivity contribution in [1.29, 1.82) is 0 Å². The molecule has 2 aromatic rings. The number of benzene rings is 1. The molecular formula is C9H7ClN2O2S. The van der Waals surface area contributed by atoms with E-state index >= 15 is 0 Å². The summed E-state index contributed by atoms with van der Waals surface area (Å²) in [5.74, 6) is 0. The molecule has 0 N–H and O–H groups in total. The van der Waals surface area contributed by atoms with E-state index in [0.29, 0.717) is 0 Å². The van der Waals surface area contributed by atoms with Gasteiger partial charge in [0, 0.05) is 23.1 Å². The molecule has 0 atom stereocenters. The largest absolute Gasteiger partial charge is 0.261 e. The molecule has 78 valence electrons. The van der Waals surface area contributed by atoms with Crippen molar-refractivity contribution in [2.45, 2.75) is 4.90 Å². The SMILES string of the molecule is O=S(=O)(Cl)c1ccc(-n2cccn2)cc1. The molecule has 0 fully saturated rings. The van der Waals surface area contributed by atoms with Crippen LogP contribution in [-0.4, -0.2) is 18.2 Å². The van der Waals surface area contributed by atoms with E-state index in [4.69, 9.17) is 10.7 Å². The molecule has 1 aromatic heterocycles. The molecule has 2 rings (SSSR count). The fraction of sp³-hybridized carbons (Fsp3) is 0. The zero-order valence-electron chi connectivity index (χ0n) is 7.54. The Balaban J connectivity index is 2.42. The van der Waals surface area contributed by atoms with E-state index in [0.717, 1.165) is 5.69 Å². The first-order chi connectivity index (χ1) is 7.07. The summed E-state index contributed by atoms with van der Waals surface area (Å²) in [5.41, 5.74) is 0.782. The average molecular weight is 243 g/mol. The van der Waals surface area contributed by atoms with Crippen molar-refractivity contribution in [3.8, 4) is 5.69 Å². The van der Waals surface area contributed by atoms with Crippen LogP contribution >= 0.6 is 10.7 Å². The van der Waals surface area contributed by atoms with Crippen LogP contribution in [0, 0.1) is 0 Å². The first-order valence-corrected chi connectivity index (χ1v) is 6.43. The molecule has 0 spiro atoms. The van der Waals surface area contributed by atoms with Gasteiger partial charge in [-0.15, -0.1) is 0 Å². The number of halogens is 1. The monoisotopic (exact) mass is 242 g/mol. The molecule has 6 heteroatoms. The van der Waals surface area contributed by atoms with Gasteiger partial charge in [-0.05, 0) is 30.3 Å². The summed E-state index contributed by atoms with van der Waals surface area (Å²) in [4.78, 5) is 0.0834. The lowest BCUT2D eigenvalue weighted by Crippen LogP contribution is -1.95. The van der Waals surface area contributed by atoms with Crippen LogP contribution in [0.15, 0.2) is 47.6 Å². The summed E-state index contributed by atoms with van der Waals surface area (Å²) in [7, 11) is 1.54. The maximum Gasteiger partial charge on any atom is 0.261 e. The fourth-order valence-corrected chi connectivity index (χ4v) is 1.95. The third kappa shape index (κ3) is 2.19. The molecule has 0 saturated heterocycles. The van der Waals surface area contributed by atoms with Crippen molar-refractivity contribution in [3.05, 3.63) is 42.7 Å². The minimum Gasteiger partial charge on any atom is -0.241 e. The summed E-state index contributed by atoms with van der Waals surface area (Å²) in [6.07, 6.45) is 3.41. The molecular weight excluding hydrogens is 236 g/mol. The van der Waals surface area contributed by atoms with Crippen LogP contribution in [0.25, 0.3) is 5.69 Å². The average Bonchev–Trinajstić information content (AvgIpc) is 2.69. The summed E-state index contributed by atoms with van der Waals surface area (Å²) in [5, 5.41) is 4.01. The van der Waals surface area contributed by atoms with E-state index < -0.39 is 9.05 Å². The number of rotatable bonds is 2. The molecule has 0 saturated carbocycles. The Morgan fingerprint density at radius 3 is 2.33 bits per heavy atom. The summed E-state index contributed by atoms with van der Waals surface area (Å²) in [6.45, 7) is 0. The smallest absolute Gasteiger partial charge is 0.241 e. The van der Waals surface area contributed by atoms with E-state index in [-0.39, 0.29) is 4.90 Å². The molecule has 0 aliphatic rings. The highest BCUT2D eigenvalue weighted by Gasteiger charge is 2.09. The third-order valence-corrected chi connectivity index (χ3v) is 3.26. The Morgan fingerprint density at radius 1 is 1.20 bits per heavy atom. The highest BCUT2D eigenvalue weighted by atomic mass is 35.7. The zero-order valence-corrected chi connectivity index (χ0v) is 9.11. The molecule has 0 radical (unpaired) electrons. The Bertz CT molecular complexity index is 546. The van der Waals surface area contributed by atoms with Crippen molar-refractivity contribution in [1.82, 2.24) is 9.78 Å². The molecule has 15 heavy (non-hydrogen) atoms. The number of nitrogens with zero attached hydrogens (tertiary/aromatic N) is 2. The second-order valence-corrected chi connectivity index (χ2v) is 5.45. The van der Waals surface area contributed by atoms with Gasteiger partial charge in [0.1, 0.15) is 0 Å². The Hall–Kier alpha value is -1.33. The van der Waals surface area contributed by atoms with Crippen molar-refractivity contribution >= 4 is 19.7 Å². The van der Waals surface area contributed by atoms with Gasteiger partial charge in [-0.3, -0.25) is 0 Å². The second kappa shape index (κ2) is 3.67. The van der Waals surface area contributed by atoms with Crippen LogP contribution in [0.5, 0.6) is 0 Å². The molecule has 0 amide bonds. The Morgan fingerprint density at radius 2 is 1.87 bits per heavy atom. The lowest BCUT2D eigenvalue weighted by atomic mass is 10.3. The Kier molecular flexibility index (Phi) is 2.50. The van der Waals surface area contributed by atoms with Crippen LogP contribution < -0.4 is 0 Å². The highest BCUT2D eigenvalue weighted by Crippen LogP contribution is 2.16. The summed E-state index contributed by atoms with van der Waals surface area (Å²) in [6, 6.07) is 7.95. The van der Waals surface area contributed by atoms with E-state index in [1.807, 2.05) is 0 Å². The summed E-state index contributed by atoms with van der Waals surface area (Å²) < 4.78 is 23.6. The maximum absolute atomic E-state index is 11.0. The van der Waals surface area contributed by atoms with Crippen molar-refractivity contribution < 1.29 is 8.42 Å². The number of aromatic nitrogens is 2. The van der Waals surface area contributed by atoms with E-state index in [1.165, 1.54) is 12.1 Å². The van der Waals surface area contributed by atoms with Gasteiger partial charge in [0.05, 0.1) is 10.6 Å². The molecule has 0 aliphatic heterocycles. The standard InChI is InChI=1S/C9H7ClN2O2S/c10-15(13,14)9-4-2-8(3-5-9)12-7-1-6-11-12/h1-7H. The minimum atomic E-state index is -3.65. The first-order valence-electron chi connectivity index (χ1n) is 4.12. The predicted octanol–water partition coefficient (Wildman–Crippen LogP) is 1.80. The molecule has 4 nitrogen and oxygen atoms in total. The van der Waals surface area contributed by atoms with Gasteiger partial charge in [-0.1, -0.05) is 0 Å². The van der Waals surface area contributed by atoms with Crippen LogP contribution in [0.3, 0.4) is 0 Å². The third-order valence-electron chi connectivity index (χ3n) is 1.89. The first kappa shape index (κ1) is 10.2. The molecule has 0 unspecified atom stereocenters. The van der Waals surface area contributed by atoms with Crippen molar-refractivity contribution in [2.75, 3.05) is 0 Å². The fourth-order valence-electron chi connectivity index (χ4n) is 1.18. The van der Waals surface area contributed by atoms with Crippen molar-refractivity contribution in [2.24, 2.45) is 0 Å². The quantitative estimate of drug-likeness (QED) is 0.755. The lowest BCUT2D eigenvalue weighted by Gasteiger charge is -2.01. The molecule has 1 aromatic carbocycles. The summed E-state index contributed by atoms with van der Waals surface area (Å²) >= 11 is 0. The van der Waals surface area contributed by atoms with E-state index in [1.54, 1.807) is 35.3 Å². The maximum atomic E-state index is 11.0. The van der Waals surface area contributed by atoms with Gasteiger partial charge >= 0.3 is 0 Å². The molecule has 1 heterocycles. The number of hydrogen-bond donors (Lipinski definition) is 0. The Labute approximate surface area is 91.5 Å². The lowest BCUT2D eigenvalue weighted by molar-refractivity contribution is 0.609. The van der Waals surface area contributed by atoms with Gasteiger partial charge in [-0.25, -0.2) is 13.1 Å². The number of hydrogen-bond acceptors (Lipinski definition) is 3. The molecule has 0 bridgehead atoms. The van der Waals surface area contributed by atoms with Gasteiger partial charge in [0.2, 0.25) is 0 Å². The zero-order chi connectivity index (χ0) is 10.9. The van der Waals surface area contributed by atoms with Gasteiger partial charge in [0.25, 0.3) is 9.05 Å². The van der Waals surface area contributed by atoms with Gasteiger partial charge in [0.15, 0.2) is 0 Å². The molecule has 0 aliphatic carbocycles. The highest BCUT2D eigenvalue weighted by molar-refractivity contribution is 8.13. The van der Waals surface area contributed by atoms with E-state index in [9.17, 15) is 8.42 Å². The predicted molar refractivity (Wildman–Crippen MR) is 56.6 cm³/mol. The van der Waals surface area contributed by atoms with Crippen LogP contribution in [0.4, 0.5) is 0 Å². The minimum absolute atomic E-state index is 0.0834. The topological polar surface area (TPSA) is 52.0 Å². The normalized spacial score (nSPS) is 11.5. The van der Waals surface area contributed by atoms with Crippen LogP contribution in [-0.2, 0) is 9.05 Å². The van der Waals surface area contributed by atoms with Crippen molar-refractivity contribution in [3.63, 3.8) is 0 Å². The van der Waals surface area contributed by atoms with Crippen LogP contribution in [0.2, 0.25) is 0 Å². The van der Waals surface area contributed by atoms with Gasteiger partial charge in [-0.2, -0.15) is 5.10 Å². The van der Waals surface area contributed by atoms with E-state index in [2.05, 4.69) is 5.10 Å². The van der Waals surface area contributed by atoms with Crippen LogP contribution in [0.1, 0.15) is 0 Å². The second-order valence-electron chi connectivity index (χ2n) is 2.88.